The van der Waals surface area contributed by atoms with Gasteiger partial charge in [-0.2, -0.15) is 0 Å². The highest BCUT2D eigenvalue weighted by Gasteiger charge is 2.28. The quantitative estimate of drug-likeness (QED) is 0.390. The maximum atomic E-state index is 9.68. The normalized spacial score (nSPS) is 11.1. The third kappa shape index (κ3) is 7.69. The highest BCUT2D eigenvalue weighted by molar-refractivity contribution is 7.97. The number of benzene rings is 3. The van der Waals surface area contributed by atoms with Gasteiger partial charge in [0.15, 0.2) is 14.7 Å². The minimum atomic E-state index is -3.92. The summed E-state index contributed by atoms with van der Waals surface area (Å²) in [6.07, 6.45) is 0.409. The first-order chi connectivity index (χ1) is 13.7. The van der Waals surface area contributed by atoms with Crippen molar-refractivity contribution in [3.05, 3.63) is 89.5 Å². The zero-order valence-electron chi connectivity index (χ0n) is 17.4. The predicted octanol–water partition coefficient (Wildman–Crippen LogP) is 5.65. The summed E-state index contributed by atoms with van der Waals surface area (Å²) in [5, 5.41) is 0. The van der Waals surface area contributed by atoms with Crippen LogP contribution in [0.5, 0.6) is 0 Å². The number of aryl methyl sites for hydroxylation is 3. The second-order valence-corrected chi connectivity index (χ2v) is 10.6. The Hall–Kier alpha value is -2.08. The lowest BCUT2D eigenvalue weighted by Crippen LogP contribution is -2.04. The molecule has 0 aliphatic heterocycles. The molecule has 0 aliphatic carbocycles. The SMILES string of the molecule is CCCS(=O)(=O)[O-].Cc1ccc([S+](c2ccc(C)cc2)c2ccc(C)cc2)cc1. The molecule has 0 unspecified atom stereocenters. The Kier molecular flexibility index (Phi) is 8.50. The molecule has 0 bridgehead atoms. The average molecular weight is 429 g/mol. The maximum absolute atomic E-state index is 9.68. The lowest BCUT2D eigenvalue weighted by molar-refractivity contribution is 0.462. The summed E-state index contributed by atoms with van der Waals surface area (Å²) in [7, 11) is -3.96. The summed E-state index contributed by atoms with van der Waals surface area (Å²) in [5.74, 6) is -0.243. The van der Waals surface area contributed by atoms with Crippen LogP contribution in [0.15, 0.2) is 87.5 Å². The predicted molar refractivity (Wildman–Crippen MR) is 121 cm³/mol. The van der Waals surface area contributed by atoms with Gasteiger partial charge < -0.3 is 4.55 Å². The van der Waals surface area contributed by atoms with Gasteiger partial charge in [-0.15, -0.1) is 0 Å². The monoisotopic (exact) mass is 428 g/mol. The largest absolute Gasteiger partial charge is 0.748 e. The van der Waals surface area contributed by atoms with Gasteiger partial charge in [-0.25, -0.2) is 8.42 Å². The fraction of sp³-hybridized carbons (Fsp3) is 0.250. The molecular weight excluding hydrogens is 400 g/mol. The molecule has 3 aromatic rings. The van der Waals surface area contributed by atoms with E-state index < -0.39 is 10.1 Å². The summed E-state index contributed by atoms with van der Waals surface area (Å²) in [6, 6.07) is 26.8. The first kappa shape index (κ1) is 23.2. The molecule has 0 fully saturated rings. The van der Waals surface area contributed by atoms with E-state index >= 15 is 0 Å². The van der Waals surface area contributed by atoms with E-state index in [2.05, 4.69) is 93.6 Å². The second-order valence-electron chi connectivity index (χ2n) is 7.01. The lowest BCUT2D eigenvalue weighted by atomic mass is 10.2. The Labute approximate surface area is 177 Å². The Bertz CT molecular complexity index is 883. The van der Waals surface area contributed by atoms with Crippen molar-refractivity contribution in [1.29, 1.82) is 0 Å². The second kappa shape index (κ2) is 10.6. The van der Waals surface area contributed by atoms with Crippen molar-refractivity contribution in [2.75, 3.05) is 5.75 Å². The molecule has 5 heteroatoms. The highest BCUT2D eigenvalue weighted by Crippen LogP contribution is 2.31. The van der Waals surface area contributed by atoms with Crippen LogP contribution in [-0.4, -0.2) is 18.7 Å². The summed E-state index contributed by atoms with van der Waals surface area (Å²) in [6.45, 7) is 8.06. The molecule has 29 heavy (non-hydrogen) atoms. The van der Waals surface area contributed by atoms with Crippen LogP contribution in [0, 0.1) is 20.8 Å². The van der Waals surface area contributed by atoms with Gasteiger partial charge in [0.1, 0.15) is 0 Å². The van der Waals surface area contributed by atoms with Crippen LogP contribution in [0.2, 0.25) is 0 Å². The van der Waals surface area contributed by atoms with Crippen molar-refractivity contribution in [2.24, 2.45) is 0 Å². The van der Waals surface area contributed by atoms with Crippen LogP contribution < -0.4 is 0 Å². The van der Waals surface area contributed by atoms with Crippen LogP contribution in [-0.2, 0) is 21.0 Å². The smallest absolute Gasteiger partial charge is 0.166 e. The number of rotatable bonds is 5. The maximum Gasteiger partial charge on any atom is 0.166 e. The minimum Gasteiger partial charge on any atom is -0.748 e. The summed E-state index contributed by atoms with van der Waals surface area (Å²) in [4.78, 5) is 4.12. The lowest BCUT2D eigenvalue weighted by Gasteiger charge is -2.09. The number of hydrogen-bond acceptors (Lipinski definition) is 3. The van der Waals surface area contributed by atoms with Gasteiger partial charge in [0, 0.05) is 5.75 Å². The van der Waals surface area contributed by atoms with Crippen LogP contribution >= 0.6 is 0 Å². The molecule has 0 heterocycles. The summed E-state index contributed by atoms with van der Waals surface area (Å²) < 4.78 is 29.0. The third-order valence-electron chi connectivity index (χ3n) is 4.22. The highest BCUT2D eigenvalue weighted by atomic mass is 32.2. The van der Waals surface area contributed by atoms with Crippen molar-refractivity contribution in [3.63, 3.8) is 0 Å². The van der Waals surface area contributed by atoms with Crippen LogP contribution in [0.1, 0.15) is 30.0 Å². The molecule has 0 atom stereocenters. The van der Waals surface area contributed by atoms with E-state index in [1.54, 1.807) is 6.92 Å². The molecule has 0 radical (unpaired) electrons. The molecule has 0 saturated carbocycles. The van der Waals surface area contributed by atoms with E-state index in [4.69, 9.17) is 0 Å². The molecule has 154 valence electrons. The minimum absolute atomic E-state index is 0.0394. The van der Waals surface area contributed by atoms with Crippen LogP contribution in [0.3, 0.4) is 0 Å². The van der Waals surface area contributed by atoms with E-state index in [0.717, 1.165) is 0 Å². The molecule has 3 rings (SSSR count). The number of hydrogen-bond donors (Lipinski definition) is 0. The zero-order valence-corrected chi connectivity index (χ0v) is 19.0. The molecule has 0 N–H and O–H groups in total. The van der Waals surface area contributed by atoms with Gasteiger partial charge in [0.25, 0.3) is 0 Å². The average Bonchev–Trinajstić information content (AvgIpc) is 2.66. The summed E-state index contributed by atoms with van der Waals surface area (Å²) in [5.41, 5.74) is 3.92. The Morgan fingerprint density at radius 1 is 0.655 bits per heavy atom. The fourth-order valence-electron chi connectivity index (χ4n) is 2.68. The van der Waals surface area contributed by atoms with E-state index in [1.807, 2.05) is 0 Å². The van der Waals surface area contributed by atoms with E-state index in [9.17, 15) is 13.0 Å². The van der Waals surface area contributed by atoms with Gasteiger partial charge in [-0.1, -0.05) is 60.0 Å². The Morgan fingerprint density at radius 2 is 0.931 bits per heavy atom. The van der Waals surface area contributed by atoms with E-state index in [1.165, 1.54) is 31.4 Å². The van der Waals surface area contributed by atoms with Gasteiger partial charge >= 0.3 is 0 Å². The third-order valence-corrected chi connectivity index (χ3v) is 7.36. The van der Waals surface area contributed by atoms with E-state index in [0.29, 0.717) is 6.42 Å². The molecule has 0 aliphatic rings. The van der Waals surface area contributed by atoms with Crippen molar-refractivity contribution < 1.29 is 13.0 Å². The van der Waals surface area contributed by atoms with Crippen molar-refractivity contribution in [3.8, 4) is 0 Å². The van der Waals surface area contributed by atoms with Crippen LogP contribution in [0.25, 0.3) is 0 Å². The topological polar surface area (TPSA) is 57.2 Å². The molecule has 0 aromatic heterocycles. The Morgan fingerprint density at radius 3 is 1.10 bits per heavy atom. The van der Waals surface area contributed by atoms with Crippen molar-refractivity contribution >= 4 is 21.0 Å². The van der Waals surface area contributed by atoms with Gasteiger partial charge in [-0.3, -0.25) is 0 Å². The molecular formula is C24H28O3S2. The zero-order chi connectivity index (χ0) is 21.4. The molecule has 3 nitrogen and oxygen atoms in total. The van der Waals surface area contributed by atoms with Gasteiger partial charge in [0.05, 0.1) is 21.0 Å². The Balaban J connectivity index is 0.000000370. The molecule has 0 spiro atoms. The first-order valence-electron chi connectivity index (χ1n) is 9.57. The summed E-state index contributed by atoms with van der Waals surface area (Å²) >= 11 is 0. The van der Waals surface area contributed by atoms with Crippen molar-refractivity contribution in [1.82, 2.24) is 0 Å². The molecule has 3 aromatic carbocycles. The van der Waals surface area contributed by atoms with E-state index in [-0.39, 0.29) is 16.6 Å². The fourth-order valence-corrected chi connectivity index (χ4v) is 5.22. The van der Waals surface area contributed by atoms with Gasteiger partial charge in [0.2, 0.25) is 0 Å². The molecule has 0 saturated heterocycles. The van der Waals surface area contributed by atoms with Crippen LogP contribution in [0.4, 0.5) is 0 Å². The standard InChI is InChI=1S/C21H21S.C3H8O3S/c1-16-4-10-19(11-5-16)22(20-12-6-17(2)7-13-20)21-14-8-18(3)9-15-21;1-2-3-7(4,5)6/h4-15H,1-3H3;2-3H2,1H3,(H,4,5,6)/q+1;/p-1. The molecule has 0 amide bonds. The first-order valence-corrected chi connectivity index (χ1v) is 12.4. The van der Waals surface area contributed by atoms with Gasteiger partial charge in [-0.05, 0) is 63.6 Å². The van der Waals surface area contributed by atoms with Crippen molar-refractivity contribution in [2.45, 2.75) is 48.8 Å².